The number of ether oxygens (including phenoxy) is 2. The number of carbonyl (C=O) groups is 2. The number of H-pyrrole nitrogens is 1. The third kappa shape index (κ3) is 6.17. The number of carbonyl (C=O) groups excluding carboxylic acids is 2. The zero-order chi connectivity index (χ0) is 25.5. The largest absolute Gasteiger partial charge is 0.497 e. The number of aromatic amines is 1. The van der Waals surface area contributed by atoms with Crippen LogP contribution in [0.2, 0.25) is 0 Å². The van der Waals surface area contributed by atoms with Gasteiger partial charge in [0.15, 0.2) is 12.3 Å². The Morgan fingerprint density at radius 2 is 1.80 bits per heavy atom. The van der Waals surface area contributed by atoms with Gasteiger partial charge in [-0.15, -0.1) is 0 Å². The van der Waals surface area contributed by atoms with Crippen molar-refractivity contribution in [1.29, 1.82) is 0 Å². The molecule has 1 amide bonds. The number of nitrogens with two attached hydrogens (primary N) is 1. The van der Waals surface area contributed by atoms with Crippen LogP contribution in [0, 0.1) is 5.92 Å². The number of rotatable bonds is 9. The molecule has 0 saturated carbocycles. The van der Waals surface area contributed by atoms with Gasteiger partial charge >= 0.3 is 11.7 Å². The maximum Gasteiger partial charge on any atom is 0.338 e. The first-order valence-electron chi connectivity index (χ1n) is 11.0. The van der Waals surface area contributed by atoms with Crippen molar-refractivity contribution in [3.63, 3.8) is 0 Å². The summed E-state index contributed by atoms with van der Waals surface area (Å²) in [6.45, 7) is 3.30. The van der Waals surface area contributed by atoms with Crippen LogP contribution in [0.4, 0.5) is 11.5 Å². The molecule has 0 aliphatic rings. The molecule has 0 unspecified atom stereocenters. The Hall–Kier alpha value is -4.34. The summed E-state index contributed by atoms with van der Waals surface area (Å²) in [6.07, 6.45) is 0. The van der Waals surface area contributed by atoms with Gasteiger partial charge in [-0.25, -0.2) is 9.59 Å². The van der Waals surface area contributed by atoms with E-state index in [0.29, 0.717) is 5.75 Å². The van der Waals surface area contributed by atoms with Crippen LogP contribution in [0.3, 0.4) is 0 Å². The number of aromatic nitrogens is 2. The molecule has 0 saturated heterocycles. The van der Waals surface area contributed by atoms with E-state index >= 15 is 0 Å². The average Bonchev–Trinajstić information content (AvgIpc) is 2.84. The summed E-state index contributed by atoms with van der Waals surface area (Å²) in [4.78, 5) is 54.2. The van der Waals surface area contributed by atoms with E-state index in [0.717, 1.165) is 10.5 Å². The fourth-order valence-corrected chi connectivity index (χ4v) is 3.48. The van der Waals surface area contributed by atoms with Gasteiger partial charge in [0, 0.05) is 6.54 Å². The number of hydrogen-bond donors (Lipinski definition) is 2. The van der Waals surface area contributed by atoms with Crippen LogP contribution in [0.25, 0.3) is 0 Å². The van der Waals surface area contributed by atoms with Crippen molar-refractivity contribution in [2.45, 2.75) is 20.4 Å². The molecular weight excluding hydrogens is 452 g/mol. The van der Waals surface area contributed by atoms with Crippen molar-refractivity contribution in [2.24, 2.45) is 5.92 Å². The van der Waals surface area contributed by atoms with E-state index in [1.807, 2.05) is 44.2 Å². The lowest BCUT2D eigenvalue weighted by Gasteiger charge is -2.26. The van der Waals surface area contributed by atoms with Crippen LogP contribution in [-0.4, -0.2) is 41.7 Å². The zero-order valence-electron chi connectivity index (χ0n) is 19.8. The number of anilines is 2. The predicted molar refractivity (Wildman–Crippen MR) is 132 cm³/mol. The number of nitrogen functional groups attached to an aromatic ring is 1. The first kappa shape index (κ1) is 25.3. The van der Waals surface area contributed by atoms with Crippen LogP contribution >= 0.6 is 0 Å². The van der Waals surface area contributed by atoms with Crippen molar-refractivity contribution in [2.75, 3.05) is 30.9 Å². The third-order valence-corrected chi connectivity index (χ3v) is 5.15. The van der Waals surface area contributed by atoms with Gasteiger partial charge in [-0.2, -0.15) is 0 Å². The van der Waals surface area contributed by atoms with Gasteiger partial charge in [-0.05, 0) is 29.7 Å². The minimum atomic E-state index is -0.801. The Kier molecular flexibility index (Phi) is 8.08. The Morgan fingerprint density at radius 1 is 1.09 bits per heavy atom. The van der Waals surface area contributed by atoms with Gasteiger partial charge in [0.25, 0.3) is 11.5 Å². The normalized spacial score (nSPS) is 10.7. The SMILES string of the molecule is COc1cccc(C(=O)OCC(=O)N(CC(C)C)c2c(N)n(Cc3ccccc3)c(=O)[nH]c2=O)c1. The highest BCUT2D eigenvalue weighted by Crippen LogP contribution is 2.20. The van der Waals surface area contributed by atoms with Gasteiger partial charge in [0.05, 0.1) is 19.2 Å². The lowest BCUT2D eigenvalue weighted by molar-refractivity contribution is -0.121. The highest BCUT2D eigenvalue weighted by molar-refractivity contribution is 5.98. The molecule has 3 rings (SSSR count). The molecule has 2 aromatic carbocycles. The summed E-state index contributed by atoms with van der Waals surface area (Å²) in [5.41, 5.74) is 5.58. The van der Waals surface area contributed by atoms with E-state index in [2.05, 4.69) is 4.98 Å². The predicted octanol–water partition coefficient (Wildman–Crippen LogP) is 2.02. The number of nitrogens with one attached hydrogen (secondary N) is 1. The minimum Gasteiger partial charge on any atom is -0.497 e. The van der Waals surface area contributed by atoms with Crippen LogP contribution < -0.4 is 26.6 Å². The second-order valence-corrected chi connectivity index (χ2v) is 8.27. The quantitative estimate of drug-likeness (QED) is 0.447. The van der Waals surface area contributed by atoms with Crippen molar-refractivity contribution in [3.05, 3.63) is 86.6 Å². The van der Waals surface area contributed by atoms with E-state index in [-0.39, 0.29) is 36.1 Å². The number of hydrogen-bond acceptors (Lipinski definition) is 7. The van der Waals surface area contributed by atoms with Gasteiger partial charge in [-0.1, -0.05) is 50.2 Å². The molecular formula is C25H28N4O6. The summed E-state index contributed by atoms with van der Waals surface area (Å²) in [6, 6.07) is 15.4. The molecule has 3 aromatic rings. The molecule has 0 aliphatic heterocycles. The van der Waals surface area contributed by atoms with Crippen LogP contribution in [0.1, 0.15) is 29.8 Å². The van der Waals surface area contributed by atoms with Crippen LogP contribution in [-0.2, 0) is 16.1 Å². The molecule has 1 aromatic heterocycles. The zero-order valence-corrected chi connectivity index (χ0v) is 19.8. The molecule has 0 radical (unpaired) electrons. The number of nitrogens with zero attached hydrogens (tertiary/aromatic N) is 2. The molecule has 184 valence electrons. The van der Waals surface area contributed by atoms with Crippen molar-refractivity contribution in [3.8, 4) is 5.75 Å². The minimum absolute atomic E-state index is 0.0543. The number of methoxy groups -OCH3 is 1. The van der Waals surface area contributed by atoms with Gasteiger partial charge in [0.1, 0.15) is 11.6 Å². The summed E-state index contributed by atoms with van der Waals surface area (Å²) < 4.78 is 11.5. The monoisotopic (exact) mass is 480 g/mol. The second kappa shape index (κ2) is 11.2. The van der Waals surface area contributed by atoms with Crippen molar-refractivity contribution in [1.82, 2.24) is 9.55 Å². The maximum absolute atomic E-state index is 13.1. The van der Waals surface area contributed by atoms with Gasteiger partial charge in [0.2, 0.25) is 0 Å². The van der Waals surface area contributed by atoms with E-state index in [1.165, 1.54) is 23.8 Å². The summed E-state index contributed by atoms with van der Waals surface area (Å²) in [7, 11) is 1.47. The molecule has 0 atom stereocenters. The fraction of sp³-hybridized carbons (Fsp3) is 0.280. The molecule has 10 heteroatoms. The van der Waals surface area contributed by atoms with E-state index in [9.17, 15) is 19.2 Å². The highest BCUT2D eigenvalue weighted by Gasteiger charge is 2.26. The smallest absolute Gasteiger partial charge is 0.338 e. The van der Waals surface area contributed by atoms with E-state index in [1.54, 1.807) is 12.1 Å². The second-order valence-electron chi connectivity index (χ2n) is 8.27. The first-order valence-corrected chi connectivity index (χ1v) is 11.0. The summed E-state index contributed by atoms with van der Waals surface area (Å²) >= 11 is 0. The van der Waals surface area contributed by atoms with Crippen LogP contribution in [0.15, 0.2) is 64.2 Å². The average molecular weight is 481 g/mol. The first-order chi connectivity index (χ1) is 16.7. The summed E-state index contributed by atoms with van der Waals surface area (Å²) in [5.74, 6) is -1.13. The van der Waals surface area contributed by atoms with E-state index in [4.69, 9.17) is 15.2 Å². The molecule has 35 heavy (non-hydrogen) atoms. The van der Waals surface area contributed by atoms with Gasteiger partial charge in [-0.3, -0.25) is 19.1 Å². The molecule has 1 heterocycles. The van der Waals surface area contributed by atoms with Crippen molar-refractivity contribution >= 4 is 23.4 Å². The number of benzene rings is 2. The summed E-state index contributed by atoms with van der Waals surface area (Å²) in [5, 5.41) is 0. The highest BCUT2D eigenvalue weighted by atomic mass is 16.5. The Bertz CT molecular complexity index is 1310. The Labute approximate surface area is 201 Å². The number of amides is 1. The molecule has 3 N–H and O–H groups in total. The van der Waals surface area contributed by atoms with Crippen molar-refractivity contribution < 1.29 is 19.1 Å². The van der Waals surface area contributed by atoms with E-state index < -0.39 is 29.7 Å². The number of esters is 1. The molecule has 0 fully saturated rings. The topological polar surface area (TPSA) is 137 Å². The molecule has 10 nitrogen and oxygen atoms in total. The molecule has 0 aliphatic carbocycles. The lowest BCUT2D eigenvalue weighted by atomic mass is 10.2. The fourth-order valence-electron chi connectivity index (χ4n) is 3.48. The molecule has 0 bridgehead atoms. The van der Waals surface area contributed by atoms with Crippen LogP contribution in [0.5, 0.6) is 5.75 Å². The third-order valence-electron chi connectivity index (χ3n) is 5.15. The standard InChI is InChI=1S/C25H28N4O6/c1-16(2)13-28(20(30)15-35-24(32)18-10-7-11-19(12-18)34-3)21-22(26)29(25(33)27-23(21)31)14-17-8-5-4-6-9-17/h4-12,16H,13-15,26H2,1-3H3,(H,27,31,33). The lowest BCUT2D eigenvalue weighted by Crippen LogP contribution is -2.44. The Morgan fingerprint density at radius 3 is 2.46 bits per heavy atom. The van der Waals surface area contributed by atoms with Gasteiger partial charge < -0.3 is 20.1 Å². The maximum atomic E-state index is 13.1. The molecule has 0 spiro atoms. The Balaban J connectivity index is 1.90.